The van der Waals surface area contributed by atoms with Gasteiger partial charge in [0.2, 0.25) is 0 Å². The predicted octanol–water partition coefficient (Wildman–Crippen LogP) is 4.96. The maximum Gasteiger partial charge on any atom is 0.291 e. The highest BCUT2D eigenvalue weighted by Crippen LogP contribution is 2.29. The van der Waals surface area contributed by atoms with E-state index in [-0.39, 0.29) is 16.4 Å². The number of carbonyl (C=O) groups is 2. The summed E-state index contributed by atoms with van der Waals surface area (Å²) in [5, 5.41) is 8.80. The standard InChI is InChI=1S/C24H18FN3O4S/c1-31-20-13-15(26-24(33)28-22(29)16-7-3-4-8-17(16)25)10-11-18(20)27-23(30)21-12-14-6-2-5-9-19(14)32-21/h2-13H,1H3,(H,27,30)(H2,26,28,29,33). The molecule has 9 heteroatoms. The molecule has 0 bridgehead atoms. The van der Waals surface area contributed by atoms with Gasteiger partial charge in [-0.05, 0) is 48.6 Å². The van der Waals surface area contributed by atoms with Crippen molar-refractivity contribution in [1.29, 1.82) is 0 Å². The van der Waals surface area contributed by atoms with E-state index >= 15 is 0 Å². The van der Waals surface area contributed by atoms with Gasteiger partial charge < -0.3 is 19.8 Å². The first-order valence-electron chi connectivity index (χ1n) is 9.79. The van der Waals surface area contributed by atoms with E-state index in [9.17, 15) is 14.0 Å². The van der Waals surface area contributed by atoms with Gasteiger partial charge in [0.25, 0.3) is 11.8 Å². The summed E-state index contributed by atoms with van der Waals surface area (Å²) >= 11 is 5.14. The van der Waals surface area contributed by atoms with Crippen molar-refractivity contribution in [2.45, 2.75) is 0 Å². The van der Waals surface area contributed by atoms with Gasteiger partial charge in [-0.15, -0.1) is 0 Å². The highest BCUT2D eigenvalue weighted by molar-refractivity contribution is 7.80. The van der Waals surface area contributed by atoms with Crippen LogP contribution >= 0.6 is 12.2 Å². The maximum absolute atomic E-state index is 13.8. The Morgan fingerprint density at radius 1 is 0.939 bits per heavy atom. The van der Waals surface area contributed by atoms with Crippen LogP contribution in [0.3, 0.4) is 0 Å². The van der Waals surface area contributed by atoms with Crippen LogP contribution in [0.4, 0.5) is 15.8 Å². The number of nitrogens with one attached hydrogen (secondary N) is 3. The summed E-state index contributed by atoms with van der Waals surface area (Å²) in [4.78, 5) is 24.8. The first-order valence-corrected chi connectivity index (χ1v) is 10.2. The fraction of sp³-hybridized carbons (Fsp3) is 0.0417. The number of carbonyl (C=O) groups excluding carboxylic acids is 2. The Bertz CT molecular complexity index is 1340. The second-order valence-corrected chi connectivity index (χ2v) is 7.31. The van der Waals surface area contributed by atoms with Gasteiger partial charge in [-0.3, -0.25) is 14.9 Å². The minimum absolute atomic E-state index is 0.0237. The molecular formula is C24H18FN3O4S. The van der Waals surface area contributed by atoms with Gasteiger partial charge in [0, 0.05) is 17.1 Å². The number of ether oxygens (including phenoxy) is 1. The summed E-state index contributed by atoms with van der Waals surface area (Å²) in [7, 11) is 1.45. The summed E-state index contributed by atoms with van der Waals surface area (Å²) < 4.78 is 24.7. The molecule has 0 aliphatic carbocycles. The van der Waals surface area contributed by atoms with E-state index < -0.39 is 17.6 Å². The number of methoxy groups -OCH3 is 1. The van der Waals surface area contributed by atoms with E-state index in [2.05, 4.69) is 16.0 Å². The highest BCUT2D eigenvalue weighted by Gasteiger charge is 2.16. The molecule has 4 rings (SSSR count). The number of thiocarbonyl (C=S) groups is 1. The van der Waals surface area contributed by atoms with E-state index in [4.69, 9.17) is 21.4 Å². The molecule has 0 atom stereocenters. The van der Waals surface area contributed by atoms with Crippen molar-refractivity contribution in [1.82, 2.24) is 5.32 Å². The molecule has 4 aromatic rings. The Labute approximate surface area is 193 Å². The molecule has 0 radical (unpaired) electrons. The molecule has 0 aliphatic rings. The second-order valence-electron chi connectivity index (χ2n) is 6.91. The number of para-hydroxylation sites is 1. The first kappa shape index (κ1) is 22.0. The summed E-state index contributed by atoms with van der Waals surface area (Å²) in [6.07, 6.45) is 0. The van der Waals surface area contributed by atoms with Crippen LogP contribution in [0.5, 0.6) is 5.75 Å². The third kappa shape index (κ3) is 4.99. The van der Waals surface area contributed by atoms with Gasteiger partial charge in [-0.1, -0.05) is 30.3 Å². The van der Waals surface area contributed by atoms with Crippen LogP contribution in [0.15, 0.2) is 77.2 Å². The van der Waals surface area contributed by atoms with Crippen molar-refractivity contribution in [3.05, 3.63) is 89.9 Å². The number of furan rings is 1. The smallest absolute Gasteiger partial charge is 0.291 e. The second kappa shape index (κ2) is 9.49. The number of rotatable bonds is 5. The topological polar surface area (TPSA) is 92.6 Å². The molecule has 3 aromatic carbocycles. The van der Waals surface area contributed by atoms with Crippen molar-refractivity contribution >= 4 is 51.5 Å². The number of hydrogen-bond acceptors (Lipinski definition) is 5. The summed E-state index contributed by atoms with van der Waals surface area (Å²) in [6.45, 7) is 0. The average molecular weight is 463 g/mol. The van der Waals surface area contributed by atoms with E-state index in [0.29, 0.717) is 22.7 Å². The molecule has 0 saturated carbocycles. The Morgan fingerprint density at radius 2 is 1.70 bits per heavy atom. The van der Waals surface area contributed by atoms with Gasteiger partial charge in [0.1, 0.15) is 17.1 Å². The normalized spacial score (nSPS) is 10.5. The van der Waals surface area contributed by atoms with Crippen LogP contribution in [0.25, 0.3) is 11.0 Å². The molecule has 0 aliphatic heterocycles. The monoisotopic (exact) mass is 463 g/mol. The van der Waals surface area contributed by atoms with Crippen molar-refractivity contribution in [3.8, 4) is 5.75 Å². The van der Waals surface area contributed by atoms with Gasteiger partial charge in [-0.25, -0.2) is 4.39 Å². The van der Waals surface area contributed by atoms with Crippen molar-refractivity contribution in [2.75, 3.05) is 17.7 Å². The van der Waals surface area contributed by atoms with Crippen molar-refractivity contribution in [2.24, 2.45) is 0 Å². The minimum Gasteiger partial charge on any atom is -0.494 e. The predicted molar refractivity (Wildman–Crippen MR) is 127 cm³/mol. The molecule has 0 fully saturated rings. The van der Waals surface area contributed by atoms with Crippen LogP contribution in [0.2, 0.25) is 0 Å². The molecule has 0 saturated heterocycles. The molecule has 2 amide bonds. The lowest BCUT2D eigenvalue weighted by Gasteiger charge is -2.14. The van der Waals surface area contributed by atoms with Gasteiger partial charge >= 0.3 is 0 Å². The molecule has 166 valence electrons. The number of fused-ring (bicyclic) bond motifs is 1. The molecular weight excluding hydrogens is 445 g/mol. The Balaban J connectivity index is 1.44. The van der Waals surface area contributed by atoms with Crippen LogP contribution in [0, 0.1) is 5.82 Å². The van der Waals surface area contributed by atoms with Gasteiger partial charge in [0.15, 0.2) is 10.9 Å². The lowest BCUT2D eigenvalue weighted by Crippen LogP contribution is -2.34. The number of amides is 2. The summed E-state index contributed by atoms with van der Waals surface area (Å²) in [6, 6.07) is 19.4. The molecule has 0 unspecified atom stereocenters. The molecule has 3 N–H and O–H groups in total. The van der Waals surface area contributed by atoms with E-state index in [1.165, 1.54) is 25.3 Å². The van der Waals surface area contributed by atoms with Crippen molar-refractivity contribution in [3.63, 3.8) is 0 Å². The minimum atomic E-state index is -0.674. The fourth-order valence-corrected chi connectivity index (χ4v) is 3.34. The van der Waals surface area contributed by atoms with Crippen LogP contribution in [-0.4, -0.2) is 24.0 Å². The van der Waals surface area contributed by atoms with Crippen LogP contribution in [0.1, 0.15) is 20.9 Å². The number of anilines is 2. The van der Waals surface area contributed by atoms with Crippen LogP contribution < -0.4 is 20.7 Å². The van der Waals surface area contributed by atoms with E-state index in [0.717, 1.165) is 5.39 Å². The number of hydrogen-bond donors (Lipinski definition) is 3. The lowest BCUT2D eigenvalue weighted by atomic mass is 10.2. The van der Waals surface area contributed by atoms with Gasteiger partial charge in [0.05, 0.1) is 18.4 Å². The number of benzene rings is 3. The zero-order valence-electron chi connectivity index (χ0n) is 17.3. The summed E-state index contributed by atoms with van der Waals surface area (Å²) in [5.41, 5.74) is 1.39. The largest absolute Gasteiger partial charge is 0.494 e. The SMILES string of the molecule is COc1cc(NC(=S)NC(=O)c2ccccc2F)ccc1NC(=O)c1cc2ccccc2o1. The third-order valence-corrected chi connectivity index (χ3v) is 4.91. The molecule has 1 heterocycles. The third-order valence-electron chi connectivity index (χ3n) is 4.70. The summed E-state index contributed by atoms with van der Waals surface area (Å²) in [5.74, 6) is -1.24. The maximum atomic E-state index is 13.8. The Morgan fingerprint density at radius 3 is 2.45 bits per heavy atom. The van der Waals surface area contributed by atoms with E-state index in [1.54, 1.807) is 36.4 Å². The van der Waals surface area contributed by atoms with Gasteiger partial charge in [-0.2, -0.15) is 0 Å². The molecule has 0 spiro atoms. The molecule has 1 aromatic heterocycles. The first-order chi connectivity index (χ1) is 15.9. The Hall–Kier alpha value is -4.24. The quantitative estimate of drug-likeness (QED) is 0.363. The fourth-order valence-electron chi connectivity index (χ4n) is 3.13. The molecule has 33 heavy (non-hydrogen) atoms. The Kier molecular flexibility index (Phi) is 6.32. The average Bonchev–Trinajstić information content (AvgIpc) is 3.24. The lowest BCUT2D eigenvalue weighted by molar-refractivity contribution is 0.0971. The zero-order valence-corrected chi connectivity index (χ0v) is 18.2. The van der Waals surface area contributed by atoms with Crippen LogP contribution in [-0.2, 0) is 0 Å². The zero-order chi connectivity index (χ0) is 23.4. The molecule has 7 nitrogen and oxygen atoms in total. The highest BCUT2D eigenvalue weighted by atomic mass is 32.1. The number of halogens is 1. The van der Waals surface area contributed by atoms with Crippen molar-refractivity contribution < 1.29 is 23.1 Å². The van der Waals surface area contributed by atoms with E-state index in [1.807, 2.05) is 18.2 Å².